The number of aryl methyl sites for hydroxylation is 1. The highest BCUT2D eigenvalue weighted by Crippen LogP contribution is 2.26. The van der Waals surface area contributed by atoms with Crippen LogP contribution in [0.1, 0.15) is 18.6 Å². The van der Waals surface area contributed by atoms with Crippen molar-refractivity contribution in [1.82, 2.24) is 19.9 Å². The van der Waals surface area contributed by atoms with E-state index in [9.17, 15) is 9.59 Å². The lowest BCUT2D eigenvalue weighted by Crippen LogP contribution is -2.42. The van der Waals surface area contributed by atoms with E-state index in [0.717, 1.165) is 10.8 Å². The Morgan fingerprint density at radius 1 is 1.30 bits per heavy atom. The molecule has 1 saturated heterocycles. The first-order valence-corrected chi connectivity index (χ1v) is 10.5. The Labute approximate surface area is 177 Å². The van der Waals surface area contributed by atoms with Crippen LogP contribution in [0, 0.1) is 12.8 Å². The van der Waals surface area contributed by atoms with Crippen molar-refractivity contribution in [2.75, 3.05) is 25.0 Å². The molecule has 1 aliphatic heterocycles. The summed E-state index contributed by atoms with van der Waals surface area (Å²) in [5, 5.41) is 5.45. The van der Waals surface area contributed by atoms with Gasteiger partial charge in [0.05, 0.1) is 6.54 Å². The molecule has 3 aromatic rings. The van der Waals surface area contributed by atoms with Crippen molar-refractivity contribution in [2.24, 2.45) is 11.7 Å². The number of nitrogens with two attached hydrogens (primary N) is 1. The number of furan rings is 1. The van der Waals surface area contributed by atoms with Crippen LogP contribution in [-0.2, 0) is 9.59 Å². The van der Waals surface area contributed by atoms with Crippen LogP contribution in [0.25, 0.3) is 22.3 Å². The number of hydrogen-bond donors (Lipinski definition) is 2. The number of thiazole rings is 1. The molecule has 4 rings (SSSR count). The number of nitrogens with one attached hydrogen (secondary N) is 1. The summed E-state index contributed by atoms with van der Waals surface area (Å²) in [6.45, 7) is 3.38. The number of likely N-dealkylation sites (tertiary alicyclic amines) is 1. The van der Waals surface area contributed by atoms with Crippen LogP contribution in [0.15, 0.2) is 34.2 Å². The molecule has 0 spiro atoms. The molecule has 4 heterocycles. The van der Waals surface area contributed by atoms with E-state index in [2.05, 4.69) is 20.3 Å². The summed E-state index contributed by atoms with van der Waals surface area (Å²) in [6.07, 6.45) is 3.05. The maximum Gasteiger partial charge on any atom is 0.239 e. The molecular weight excluding hydrogens is 404 g/mol. The first-order chi connectivity index (χ1) is 14.5. The van der Waals surface area contributed by atoms with Crippen molar-refractivity contribution in [3.05, 3.63) is 35.5 Å². The number of rotatable bonds is 6. The third-order valence-electron chi connectivity index (χ3n) is 4.96. The molecule has 0 aromatic carbocycles. The molecule has 0 bridgehead atoms. The number of nitrogens with zero attached hydrogens (tertiary/aromatic N) is 4. The number of piperidine rings is 1. The zero-order valence-electron chi connectivity index (χ0n) is 16.5. The van der Waals surface area contributed by atoms with Gasteiger partial charge in [0.15, 0.2) is 11.6 Å². The van der Waals surface area contributed by atoms with Gasteiger partial charge in [-0.3, -0.25) is 14.5 Å². The van der Waals surface area contributed by atoms with Gasteiger partial charge in [0.2, 0.25) is 11.8 Å². The normalized spacial score (nSPS) is 15.2. The largest absolute Gasteiger partial charge is 0.458 e. The molecule has 3 N–H and O–H groups in total. The van der Waals surface area contributed by atoms with Crippen molar-refractivity contribution < 1.29 is 14.0 Å². The highest BCUT2D eigenvalue weighted by molar-refractivity contribution is 7.13. The van der Waals surface area contributed by atoms with Crippen LogP contribution >= 0.6 is 11.3 Å². The average Bonchev–Trinajstić information content (AvgIpc) is 3.40. The van der Waals surface area contributed by atoms with E-state index in [4.69, 9.17) is 10.2 Å². The molecule has 30 heavy (non-hydrogen) atoms. The number of carbonyl (C=O) groups is 2. The maximum absolute atomic E-state index is 12.6. The fourth-order valence-electron chi connectivity index (χ4n) is 3.40. The van der Waals surface area contributed by atoms with Gasteiger partial charge in [-0.1, -0.05) is 0 Å². The molecule has 1 fully saturated rings. The van der Waals surface area contributed by atoms with Gasteiger partial charge in [0.25, 0.3) is 0 Å². The number of primary amides is 1. The Hall–Kier alpha value is -3.11. The Bertz CT molecular complexity index is 1040. The fourth-order valence-corrected chi connectivity index (χ4v) is 3.99. The Morgan fingerprint density at radius 3 is 2.73 bits per heavy atom. The molecule has 10 heteroatoms. The highest BCUT2D eigenvalue weighted by Gasteiger charge is 2.24. The number of hydrogen-bond acceptors (Lipinski definition) is 8. The Balaban J connectivity index is 1.49. The van der Waals surface area contributed by atoms with Gasteiger partial charge in [-0.15, -0.1) is 11.3 Å². The summed E-state index contributed by atoms with van der Waals surface area (Å²) in [5.41, 5.74) is 5.98. The molecule has 156 valence electrons. The first-order valence-electron chi connectivity index (χ1n) is 9.65. The quantitative estimate of drug-likeness (QED) is 0.619. The van der Waals surface area contributed by atoms with Crippen molar-refractivity contribution in [2.45, 2.75) is 19.8 Å². The smallest absolute Gasteiger partial charge is 0.239 e. The SMILES string of the molecule is Cc1ccc(-c2nc(NC(=O)CN3CCC(C(N)=O)CC3)cc(-c3nccs3)n2)o1. The summed E-state index contributed by atoms with van der Waals surface area (Å²) in [5.74, 6) is 1.48. The Kier molecular flexibility index (Phi) is 5.86. The van der Waals surface area contributed by atoms with E-state index in [1.165, 1.54) is 11.3 Å². The van der Waals surface area contributed by atoms with Gasteiger partial charge in [0.1, 0.15) is 22.3 Å². The van der Waals surface area contributed by atoms with E-state index < -0.39 is 0 Å². The monoisotopic (exact) mass is 426 g/mol. The minimum atomic E-state index is -0.268. The minimum Gasteiger partial charge on any atom is -0.458 e. The number of aromatic nitrogens is 3. The number of carbonyl (C=O) groups excluding carboxylic acids is 2. The van der Waals surface area contributed by atoms with Gasteiger partial charge >= 0.3 is 0 Å². The minimum absolute atomic E-state index is 0.105. The van der Waals surface area contributed by atoms with Crippen LogP contribution in [-0.4, -0.2) is 51.3 Å². The predicted molar refractivity (Wildman–Crippen MR) is 113 cm³/mol. The predicted octanol–water partition coefficient (Wildman–Crippen LogP) is 2.30. The van der Waals surface area contributed by atoms with E-state index >= 15 is 0 Å². The number of amides is 2. The fraction of sp³-hybridized carbons (Fsp3) is 0.350. The van der Waals surface area contributed by atoms with Crippen molar-refractivity contribution in [1.29, 1.82) is 0 Å². The molecular formula is C20H22N6O3S. The van der Waals surface area contributed by atoms with Crippen molar-refractivity contribution in [3.63, 3.8) is 0 Å². The second-order valence-corrected chi connectivity index (χ2v) is 8.11. The van der Waals surface area contributed by atoms with Gasteiger partial charge in [-0.05, 0) is 45.0 Å². The lowest BCUT2D eigenvalue weighted by Gasteiger charge is -2.29. The van der Waals surface area contributed by atoms with Gasteiger partial charge in [-0.25, -0.2) is 15.0 Å². The van der Waals surface area contributed by atoms with Crippen molar-refractivity contribution in [3.8, 4) is 22.3 Å². The summed E-state index contributed by atoms with van der Waals surface area (Å²) < 4.78 is 5.65. The van der Waals surface area contributed by atoms with E-state index in [-0.39, 0.29) is 24.3 Å². The zero-order chi connectivity index (χ0) is 21.1. The highest BCUT2D eigenvalue weighted by atomic mass is 32.1. The molecule has 3 aromatic heterocycles. The molecule has 0 unspecified atom stereocenters. The third kappa shape index (κ3) is 4.71. The summed E-state index contributed by atoms with van der Waals surface area (Å²) in [6, 6.07) is 5.34. The molecule has 9 nitrogen and oxygen atoms in total. The standard InChI is InChI=1S/C20H22N6O3S/c1-12-2-3-15(29-12)19-23-14(20-22-6-9-30-20)10-16(25-19)24-17(27)11-26-7-4-13(5-8-26)18(21)28/h2-3,6,9-10,13H,4-5,7-8,11H2,1H3,(H2,21,28)(H,23,24,25,27). The van der Waals surface area contributed by atoms with Crippen LogP contribution in [0.2, 0.25) is 0 Å². The number of anilines is 1. The average molecular weight is 427 g/mol. The lowest BCUT2D eigenvalue weighted by atomic mass is 9.96. The van der Waals surface area contributed by atoms with Gasteiger partial charge in [-0.2, -0.15) is 0 Å². The summed E-state index contributed by atoms with van der Waals surface area (Å²) in [4.78, 5) is 39.2. The van der Waals surface area contributed by atoms with Crippen molar-refractivity contribution >= 4 is 29.0 Å². The molecule has 0 atom stereocenters. The molecule has 0 saturated carbocycles. The van der Waals surface area contributed by atoms with E-state index in [0.29, 0.717) is 49.0 Å². The molecule has 0 aliphatic carbocycles. The van der Waals surface area contributed by atoms with Crippen LogP contribution in [0.4, 0.5) is 5.82 Å². The topological polar surface area (TPSA) is 127 Å². The summed E-state index contributed by atoms with van der Waals surface area (Å²) in [7, 11) is 0. The zero-order valence-corrected chi connectivity index (χ0v) is 17.3. The maximum atomic E-state index is 12.6. The first kappa shape index (κ1) is 20.2. The second-order valence-electron chi connectivity index (χ2n) is 7.21. The van der Waals surface area contributed by atoms with Crippen LogP contribution < -0.4 is 11.1 Å². The van der Waals surface area contributed by atoms with Crippen LogP contribution in [0.5, 0.6) is 0 Å². The van der Waals surface area contributed by atoms with Gasteiger partial charge < -0.3 is 15.5 Å². The third-order valence-corrected chi connectivity index (χ3v) is 5.76. The van der Waals surface area contributed by atoms with Crippen LogP contribution in [0.3, 0.4) is 0 Å². The van der Waals surface area contributed by atoms with E-state index in [1.807, 2.05) is 23.3 Å². The molecule has 1 aliphatic rings. The Morgan fingerprint density at radius 2 is 2.10 bits per heavy atom. The van der Waals surface area contributed by atoms with E-state index in [1.54, 1.807) is 18.3 Å². The molecule has 2 amide bonds. The lowest BCUT2D eigenvalue weighted by molar-refractivity contribution is -0.123. The molecule has 0 radical (unpaired) electrons. The summed E-state index contributed by atoms with van der Waals surface area (Å²) >= 11 is 1.45. The van der Waals surface area contributed by atoms with Gasteiger partial charge in [0, 0.05) is 23.6 Å². The second kappa shape index (κ2) is 8.72.